The van der Waals surface area contributed by atoms with Gasteiger partial charge in [-0.25, -0.2) is 0 Å². The summed E-state index contributed by atoms with van der Waals surface area (Å²) < 4.78 is 28.8. The minimum absolute atomic E-state index is 0.242. The Morgan fingerprint density at radius 2 is 0.667 bits per heavy atom. The van der Waals surface area contributed by atoms with Crippen molar-refractivity contribution in [2.24, 2.45) is 0 Å². The van der Waals surface area contributed by atoms with E-state index in [2.05, 4.69) is 67.7 Å². The number of hydrogen-bond donors (Lipinski definition) is 0. The molecule has 164 valence electrons. The van der Waals surface area contributed by atoms with Gasteiger partial charge in [0.25, 0.3) is 0 Å². The van der Waals surface area contributed by atoms with Crippen LogP contribution >= 0.6 is 0 Å². The third-order valence-electron chi connectivity index (χ3n) is 5.74. The number of ether oxygens (including phenoxy) is 3. The molecule has 0 aromatic carbocycles. The van der Waals surface area contributed by atoms with Crippen LogP contribution in [0, 0.1) is 0 Å². The molecule has 0 amide bonds. The number of hydrogen-bond acceptors (Lipinski definition) is 5. The molecule has 0 saturated heterocycles. The van der Waals surface area contributed by atoms with E-state index < -0.39 is 16.6 Å². The van der Waals surface area contributed by atoms with Gasteiger partial charge in [-0.2, -0.15) is 0 Å². The molecule has 5 nitrogen and oxygen atoms in total. The first-order valence-electron chi connectivity index (χ1n) is 10.2. The first-order chi connectivity index (χ1) is 12.2. The average Bonchev–Trinajstić information content (AvgIpc) is 2.49. The zero-order chi connectivity index (χ0) is 21.2. The molecule has 0 aliphatic rings. The van der Waals surface area contributed by atoms with E-state index in [0.29, 0.717) is 52.9 Å². The van der Waals surface area contributed by atoms with Crippen LogP contribution in [0.15, 0.2) is 0 Å². The van der Waals surface area contributed by atoms with Crippen LogP contribution in [-0.4, -0.2) is 69.5 Å². The van der Waals surface area contributed by atoms with Crippen molar-refractivity contribution >= 4 is 16.6 Å². The van der Waals surface area contributed by atoms with Crippen molar-refractivity contribution in [3.63, 3.8) is 0 Å². The van der Waals surface area contributed by atoms with Crippen molar-refractivity contribution in [3.8, 4) is 0 Å². The molecule has 0 aromatic rings. The second kappa shape index (κ2) is 12.0. The van der Waals surface area contributed by atoms with Crippen LogP contribution < -0.4 is 0 Å². The second-order valence-electron chi connectivity index (χ2n) is 10.1. The Labute approximate surface area is 170 Å². The summed E-state index contributed by atoms with van der Waals surface area (Å²) in [4.78, 5) is 0. The summed E-state index contributed by atoms with van der Waals surface area (Å²) in [6.07, 6.45) is 0. The highest BCUT2D eigenvalue weighted by Crippen LogP contribution is 2.37. The maximum absolute atomic E-state index is 6.07. The fourth-order valence-corrected chi connectivity index (χ4v) is 3.74. The van der Waals surface area contributed by atoms with Gasteiger partial charge in [-0.15, -0.1) is 0 Å². The van der Waals surface area contributed by atoms with Gasteiger partial charge in [0.05, 0.1) is 52.9 Å². The van der Waals surface area contributed by atoms with E-state index in [1.807, 2.05) is 0 Å². The lowest BCUT2D eigenvalue weighted by Gasteiger charge is -2.36. The third kappa shape index (κ3) is 11.7. The summed E-state index contributed by atoms with van der Waals surface area (Å²) >= 11 is 0. The van der Waals surface area contributed by atoms with Crippen molar-refractivity contribution in [1.29, 1.82) is 0 Å². The van der Waals surface area contributed by atoms with Gasteiger partial charge in [0.1, 0.15) is 0 Å². The van der Waals surface area contributed by atoms with Crippen LogP contribution in [0.5, 0.6) is 0 Å². The van der Waals surface area contributed by atoms with Gasteiger partial charge in [-0.3, -0.25) is 0 Å². The van der Waals surface area contributed by atoms with Gasteiger partial charge in [-0.1, -0.05) is 41.5 Å². The van der Waals surface area contributed by atoms with Gasteiger partial charge in [-0.05, 0) is 36.3 Å². The normalized spacial score (nSPS) is 14.0. The first kappa shape index (κ1) is 27.2. The maximum atomic E-state index is 6.07. The molecular weight excluding hydrogens is 376 g/mol. The Bertz CT molecular complexity index is 351. The summed E-state index contributed by atoms with van der Waals surface area (Å²) in [6, 6.07) is 0. The van der Waals surface area contributed by atoms with Gasteiger partial charge in [0.15, 0.2) is 16.6 Å². The smallest absolute Gasteiger partial charge is 0.192 e. The van der Waals surface area contributed by atoms with Crippen molar-refractivity contribution in [1.82, 2.24) is 0 Å². The van der Waals surface area contributed by atoms with Crippen molar-refractivity contribution < 1.29 is 23.1 Å². The summed E-state index contributed by atoms with van der Waals surface area (Å²) in [6.45, 7) is 27.4. The van der Waals surface area contributed by atoms with Crippen molar-refractivity contribution in [3.05, 3.63) is 0 Å². The van der Waals surface area contributed by atoms with E-state index in [0.717, 1.165) is 0 Å². The van der Waals surface area contributed by atoms with Gasteiger partial charge in [0, 0.05) is 0 Å². The lowest BCUT2D eigenvalue weighted by Crippen LogP contribution is -2.41. The molecule has 0 aromatic heterocycles. The van der Waals surface area contributed by atoms with Gasteiger partial charge >= 0.3 is 0 Å². The fraction of sp³-hybridized carbons (Fsp3) is 1.00. The third-order valence-corrected chi connectivity index (χ3v) is 14.8. The fourth-order valence-electron chi connectivity index (χ4n) is 1.69. The molecule has 0 aliphatic heterocycles. The van der Waals surface area contributed by atoms with Crippen LogP contribution in [0.25, 0.3) is 0 Å². The summed E-state index contributed by atoms with van der Waals surface area (Å²) in [7, 11) is -3.32. The molecule has 0 unspecified atom stereocenters. The highest BCUT2D eigenvalue weighted by atomic mass is 28.4. The Kier molecular flexibility index (Phi) is 12.2. The topological polar surface area (TPSA) is 46.2 Å². The van der Waals surface area contributed by atoms with E-state index in [1.165, 1.54) is 0 Å². The Balaban J connectivity index is 3.47. The largest absolute Gasteiger partial charge is 0.414 e. The molecule has 7 heteroatoms. The molecule has 0 aliphatic carbocycles. The molecule has 0 heterocycles. The lowest BCUT2D eigenvalue weighted by molar-refractivity contribution is 0.00365. The van der Waals surface area contributed by atoms with Crippen LogP contribution in [-0.2, 0) is 23.1 Å². The summed E-state index contributed by atoms with van der Waals surface area (Å²) in [5, 5.41) is 0.484. The zero-order valence-electron chi connectivity index (χ0n) is 19.7. The zero-order valence-corrected chi connectivity index (χ0v) is 21.7. The van der Waals surface area contributed by atoms with Crippen LogP contribution in [0.1, 0.15) is 41.5 Å². The predicted molar refractivity (Wildman–Crippen MR) is 119 cm³/mol. The molecule has 0 radical (unpaired) electrons. The molecule has 0 fully saturated rings. The van der Waals surface area contributed by atoms with E-state index in [-0.39, 0.29) is 10.1 Å². The highest BCUT2D eigenvalue weighted by Gasteiger charge is 2.37. The van der Waals surface area contributed by atoms with Crippen LogP contribution in [0.2, 0.25) is 36.3 Å². The highest BCUT2D eigenvalue weighted by molar-refractivity contribution is 6.74. The molecule has 0 spiro atoms. The van der Waals surface area contributed by atoms with E-state index in [4.69, 9.17) is 23.1 Å². The van der Waals surface area contributed by atoms with Crippen molar-refractivity contribution in [2.45, 2.75) is 77.8 Å². The molecule has 0 rings (SSSR count). The molecular formula is C20H46O5Si2. The van der Waals surface area contributed by atoms with Gasteiger partial charge in [0.2, 0.25) is 0 Å². The summed E-state index contributed by atoms with van der Waals surface area (Å²) in [5.41, 5.74) is 0. The molecule has 0 N–H and O–H groups in total. The number of rotatable bonds is 14. The second-order valence-corrected chi connectivity index (χ2v) is 19.7. The quantitative estimate of drug-likeness (QED) is 0.288. The Hall–Kier alpha value is 0.234. The minimum Gasteiger partial charge on any atom is -0.414 e. The maximum Gasteiger partial charge on any atom is 0.192 e. The van der Waals surface area contributed by atoms with Gasteiger partial charge < -0.3 is 23.1 Å². The molecule has 0 saturated carbocycles. The van der Waals surface area contributed by atoms with E-state index >= 15 is 0 Å². The van der Waals surface area contributed by atoms with E-state index in [1.54, 1.807) is 0 Å². The Morgan fingerprint density at radius 3 is 0.889 bits per heavy atom. The monoisotopic (exact) mass is 422 g/mol. The average molecular weight is 423 g/mol. The van der Waals surface area contributed by atoms with Crippen LogP contribution in [0.4, 0.5) is 0 Å². The standard InChI is InChI=1S/C20H46O5Si2/c1-19(2,3)26(7,8)24-17-15-22-13-11-21-12-14-23-16-18-25-27(9,10)20(4,5)6/h11-18H2,1-10H3. The van der Waals surface area contributed by atoms with Crippen molar-refractivity contribution in [2.75, 3.05) is 52.9 Å². The molecule has 27 heavy (non-hydrogen) atoms. The van der Waals surface area contributed by atoms with Crippen LogP contribution in [0.3, 0.4) is 0 Å². The van der Waals surface area contributed by atoms with E-state index in [9.17, 15) is 0 Å². The lowest BCUT2D eigenvalue weighted by atomic mass is 10.2. The Morgan fingerprint density at radius 1 is 0.444 bits per heavy atom. The summed E-state index contributed by atoms with van der Waals surface area (Å²) in [5.74, 6) is 0. The molecule has 0 bridgehead atoms. The minimum atomic E-state index is -1.66. The predicted octanol–water partition coefficient (Wildman–Crippen LogP) is 5.08. The first-order valence-corrected chi connectivity index (χ1v) is 16.0. The SMILES string of the molecule is CC(C)(C)[Si](C)(C)OCCOCCOCCOCCO[Si](C)(C)C(C)(C)C. The molecule has 0 atom stereocenters.